The van der Waals surface area contributed by atoms with Crippen molar-refractivity contribution in [3.8, 4) is 0 Å². The van der Waals surface area contributed by atoms with E-state index in [4.69, 9.17) is 4.42 Å². The van der Waals surface area contributed by atoms with Gasteiger partial charge in [0.25, 0.3) is 5.91 Å². The van der Waals surface area contributed by atoms with E-state index in [1.165, 1.54) is 6.26 Å². The van der Waals surface area contributed by atoms with Crippen LogP contribution in [-0.2, 0) is 0 Å². The zero-order valence-electron chi connectivity index (χ0n) is 10.9. The number of amides is 1. The fourth-order valence-corrected chi connectivity index (χ4v) is 2.61. The van der Waals surface area contributed by atoms with Gasteiger partial charge >= 0.3 is 0 Å². The standard InChI is InChI=1S/C14H17N3O2/c1-10-8-12(16-15-10)11-4-2-6-17(9-11)14(18)13-5-3-7-19-13/h3,5,7-8,11H,2,4,6,9H2,1H3,(H,15,16)/t11-/m1/s1. The number of nitrogens with zero attached hydrogens (tertiary/aromatic N) is 2. The lowest BCUT2D eigenvalue weighted by Gasteiger charge is -2.31. The number of aromatic nitrogens is 2. The summed E-state index contributed by atoms with van der Waals surface area (Å²) in [6, 6.07) is 5.52. The van der Waals surface area contributed by atoms with E-state index in [2.05, 4.69) is 16.3 Å². The van der Waals surface area contributed by atoms with Crippen molar-refractivity contribution in [2.45, 2.75) is 25.7 Å². The SMILES string of the molecule is Cc1cc([C@@H]2CCCN(C(=O)c3ccco3)C2)n[nH]1. The summed E-state index contributed by atoms with van der Waals surface area (Å²) in [6.45, 7) is 3.49. The van der Waals surface area contributed by atoms with Crippen LogP contribution in [0.3, 0.4) is 0 Å². The molecule has 0 unspecified atom stereocenters. The number of rotatable bonds is 2. The van der Waals surface area contributed by atoms with Crippen molar-refractivity contribution in [1.29, 1.82) is 0 Å². The van der Waals surface area contributed by atoms with Crippen LogP contribution in [0, 0.1) is 6.92 Å². The molecule has 0 saturated carbocycles. The Bertz CT molecular complexity index is 559. The molecule has 0 aromatic carbocycles. The van der Waals surface area contributed by atoms with E-state index in [-0.39, 0.29) is 5.91 Å². The minimum absolute atomic E-state index is 0.0260. The smallest absolute Gasteiger partial charge is 0.289 e. The van der Waals surface area contributed by atoms with Crippen molar-refractivity contribution >= 4 is 5.91 Å². The number of carbonyl (C=O) groups excluding carboxylic acids is 1. The third-order valence-electron chi connectivity index (χ3n) is 3.58. The van der Waals surface area contributed by atoms with E-state index < -0.39 is 0 Å². The molecule has 5 nitrogen and oxygen atoms in total. The maximum absolute atomic E-state index is 12.2. The number of piperidine rings is 1. The van der Waals surface area contributed by atoms with Gasteiger partial charge in [-0.3, -0.25) is 9.89 Å². The first kappa shape index (κ1) is 12.0. The Morgan fingerprint density at radius 1 is 1.58 bits per heavy atom. The van der Waals surface area contributed by atoms with E-state index in [1.54, 1.807) is 12.1 Å². The molecule has 5 heteroatoms. The normalized spacial score (nSPS) is 19.6. The van der Waals surface area contributed by atoms with Gasteiger partial charge in [-0.25, -0.2) is 0 Å². The summed E-state index contributed by atoms with van der Waals surface area (Å²) in [5.41, 5.74) is 2.11. The first-order valence-corrected chi connectivity index (χ1v) is 6.59. The summed E-state index contributed by atoms with van der Waals surface area (Å²) < 4.78 is 5.18. The first-order valence-electron chi connectivity index (χ1n) is 6.59. The Morgan fingerprint density at radius 2 is 2.47 bits per heavy atom. The fraction of sp³-hybridized carbons (Fsp3) is 0.429. The molecule has 2 aromatic rings. The lowest BCUT2D eigenvalue weighted by molar-refractivity contribution is 0.0673. The maximum Gasteiger partial charge on any atom is 0.289 e. The zero-order chi connectivity index (χ0) is 13.2. The average Bonchev–Trinajstić information content (AvgIpc) is 3.09. The summed E-state index contributed by atoms with van der Waals surface area (Å²) in [6.07, 6.45) is 3.61. The Kier molecular flexibility index (Phi) is 3.11. The number of carbonyl (C=O) groups is 1. The maximum atomic E-state index is 12.2. The third kappa shape index (κ3) is 2.41. The monoisotopic (exact) mass is 259 g/mol. The quantitative estimate of drug-likeness (QED) is 0.900. The molecule has 1 fully saturated rings. The number of aryl methyl sites for hydroxylation is 1. The Labute approximate surface area is 111 Å². The summed E-state index contributed by atoms with van der Waals surface area (Å²) in [5, 5.41) is 7.28. The van der Waals surface area contributed by atoms with Gasteiger partial charge in [-0.1, -0.05) is 0 Å². The molecule has 100 valence electrons. The second kappa shape index (κ2) is 4.91. The number of hydrogen-bond acceptors (Lipinski definition) is 3. The molecule has 1 atom stereocenters. The van der Waals surface area contributed by atoms with E-state index in [0.717, 1.165) is 30.8 Å². The molecule has 3 heterocycles. The van der Waals surface area contributed by atoms with Gasteiger partial charge in [0.15, 0.2) is 5.76 Å². The topological polar surface area (TPSA) is 62.1 Å². The van der Waals surface area contributed by atoms with Gasteiger partial charge in [0.05, 0.1) is 12.0 Å². The largest absolute Gasteiger partial charge is 0.459 e. The second-order valence-corrected chi connectivity index (χ2v) is 5.04. The fourth-order valence-electron chi connectivity index (χ4n) is 2.61. The van der Waals surface area contributed by atoms with Gasteiger partial charge in [-0.15, -0.1) is 0 Å². The van der Waals surface area contributed by atoms with Crippen LogP contribution >= 0.6 is 0 Å². The van der Waals surface area contributed by atoms with E-state index in [1.807, 2.05) is 11.8 Å². The summed E-state index contributed by atoms with van der Waals surface area (Å²) in [7, 11) is 0. The van der Waals surface area contributed by atoms with Crippen LogP contribution in [-0.4, -0.2) is 34.1 Å². The van der Waals surface area contributed by atoms with Gasteiger partial charge in [0, 0.05) is 24.7 Å². The van der Waals surface area contributed by atoms with Crippen LogP contribution in [0.25, 0.3) is 0 Å². The minimum atomic E-state index is -0.0260. The highest BCUT2D eigenvalue weighted by Gasteiger charge is 2.27. The van der Waals surface area contributed by atoms with E-state index in [9.17, 15) is 4.79 Å². The molecule has 1 aliphatic heterocycles. The van der Waals surface area contributed by atoms with E-state index >= 15 is 0 Å². The molecular formula is C14H17N3O2. The number of aromatic amines is 1. The molecule has 1 saturated heterocycles. The Hall–Kier alpha value is -2.04. The number of hydrogen-bond donors (Lipinski definition) is 1. The predicted molar refractivity (Wildman–Crippen MR) is 69.9 cm³/mol. The van der Waals surface area contributed by atoms with Crippen molar-refractivity contribution in [2.24, 2.45) is 0 Å². The highest BCUT2D eigenvalue weighted by Crippen LogP contribution is 2.26. The number of H-pyrrole nitrogens is 1. The van der Waals surface area contributed by atoms with Gasteiger partial charge in [0.2, 0.25) is 0 Å². The van der Waals surface area contributed by atoms with Crippen molar-refractivity contribution < 1.29 is 9.21 Å². The first-order chi connectivity index (χ1) is 9.24. The van der Waals surface area contributed by atoms with Crippen LogP contribution < -0.4 is 0 Å². The van der Waals surface area contributed by atoms with Crippen LogP contribution in [0.5, 0.6) is 0 Å². The molecule has 2 aromatic heterocycles. The van der Waals surface area contributed by atoms with Gasteiger partial charge in [-0.05, 0) is 38.0 Å². The second-order valence-electron chi connectivity index (χ2n) is 5.04. The summed E-state index contributed by atoms with van der Waals surface area (Å²) >= 11 is 0. The highest BCUT2D eigenvalue weighted by molar-refractivity contribution is 5.91. The van der Waals surface area contributed by atoms with Crippen LogP contribution in [0.1, 0.15) is 40.7 Å². The molecule has 19 heavy (non-hydrogen) atoms. The molecule has 0 spiro atoms. The molecule has 0 bridgehead atoms. The molecule has 1 aliphatic rings. The predicted octanol–water partition coefficient (Wildman–Crippen LogP) is 2.33. The van der Waals surface area contributed by atoms with Crippen LogP contribution in [0.2, 0.25) is 0 Å². The number of furan rings is 1. The summed E-state index contributed by atoms with van der Waals surface area (Å²) in [4.78, 5) is 14.1. The number of nitrogens with one attached hydrogen (secondary N) is 1. The lowest BCUT2D eigenvalue weighted by atomic mass is 9.94. The van der Waals surface area contributed by atoms with Crippen molar-refractivity contribution in [1.82, 2.24) is 15.1 Å². The Morgan fingerprint density at radius 3 is 3.16 bits per heavy atom. The summed E-state index contributed by atoms with van der Waals surface area (Å²) in [5.74, 6) is 0.707. The third-order valence-corrected chi connectivity index (χ3v) is 3.58. The molecule has 0 radical (unpaired) electrons. The van der Waals surface area contributed by atoms with E-state index in [0.29, 0.717) is 18.2 Å². The van der Waals surface area contributed by atoms with Gasteiger partial charge < -0.3 is 9.32 Å². The Balaban J connectivity index is 1.73. The lowest BCUT2D eigenvalue weighted by Crippen LogP contribution is -2.39. The molecular weight excluding hydrogens is 242 g/mol. The zero-order valence-corrected chi connectivity index (χ0v) is 10.9. The minimum Gasteiger partial charge on any atom is -0.459 e. The molecule has 0 aliphatic carbocycles. The number of likely N-dealkylation sites (tertiary alicyclic amines) is 1. The van der Waals surface area contributed by atoms with Gasteiger partial charge in [-0.2, -0.15) is 5.10 Å². The molecule has 1 amide bonds. The molecule has 1 N–H and O–H groups in total. The van der Waals surface area contributed by atoms with Crippen LogP contribution in [0.4, 0.5) is 0 Å². The van der Waals surface area contributed by atoms with Crippen molar-refractivity contribution in [3.63, 3.8) is 0 Å². The van der Waals surface area contributed by atoms with Gasteiger partial charge in [0.1, 0.15) is 0 Å². The highest BCUT2D eigenvalue weighted by atomic mass is 16.3. The van der Waals surface area contributed by atoms with Crippen molar-refractivity contribution in [3.05, 3.63) is 41.6 Å². The average molecular weight is 259 g/mol. The van der Waals surface area contributed by atoms with Crippen molar-refractivity contribution in [2.75, 3.05) is 13.1 Å². The molecule has 3 rings (SSSR count). The van der Waals surface area contributed by atoms with Crippen LogP contribution in [0.15, 0.2) is 28.9 Å².